The number of amides is 1. The highest BCUT2D eigenvalue weighted by molar-refractivity contribution is 7.98. The van der Waals surface area contributed by atoms with E-state index in [-0.39, 0.29) is 12.5 Å². The SMILES string of the molecule is O=C(COc1ccc2c(c1)CCC2)NCCSCc1ccco1. The Morgan fingerprint density at radius 1 is 1.26 bits per heavy atom. The number of benzene rings is 1. The van der Waals surface area contributed by atoms with Gasteiger partial charge in [-0.15, -0.1) is 0 Å². The van der Waals surface area contributed by atoms with Crippen LogP contribution in [0.25, 0.3) is 0 Å². The highest BCUT2D eigenvalue weighted by Gasteiger charge is 2.11. The Bertz CT molecular complexity index is 640. The van der Waals surface area contributed by atoms with E-state index in [1.165, 1.54) is 17.5 Å². The van der Waals surface area contributed by atoms with Gasteiger partial charge in [0.15, 0.2) is 6.61 Å². The molecule has 1 N–H and O–H groups in total. The van der Waals surface area contributed by atoms with Gasteiger partial charge in [-0.25, -0.2) is 0 Å². The number of rotatable bonds is 8. The number of hydrogen-bond acceptors (Lipinski definition) is 4. The first-order chi connectivity index (χ1) is 11.3. The highest BCUT2D eigenvalue weighted by Crippen LogP contribution is 2.25. The third-order valence-corrected chi connectivity index (χ3v) is 4.81. The molecule has 1 aliphatic carbocycles. The van der Waals surface area contributed by atoms with E-state index in [9.17, 15) is 4.79 Å². The molecule has 0 saturated heterocycles. The van der Waals surface area contributed by atoms with Gasteiger partial charge >= 0.3 is 0 Å². The van der Waals surface area contributed by atoms with E-state index in [2.05, 4.69) is 17.4 Å². The first-order valence-corrected chi connectivity index (χ1v) is 9.08. The van der Waals surface area contributed by atoms with Crippen LogP contribution in [-0.4, -0.2) is 24.8 Å². The Morgan fingerprint density at radius 3 is 3.04 bits per heavy atom. The molecule has 23 heavy (non-hydrogen) atoms. The van der Waals surface area contributed by atoms with Gasteiger partial charge in [-0.05, 0) is 54.7 Å². The largest absolute Gasteiger partial charge is 0.484 e. The summed E-state index contributed by atoms with van der Waals surface area (Å²) in [7, 11) is 0. The molecule has 4 nitrogen and oxygen atoms in total. The lowest BCUT2D eigenvalue weighted by Gasteiger charge is -2.08. The number of fused-ring (bicyclic) bond motifs is 1. The van der Waals surface area contributed by atoms with Crippen LogP contribution in [0, 0.1) is 0 Å². The van der Waals surface area contributed by atoms with Crippen LogP contribution in [0.5, 0.6) is 5.75 Å². The third-order valence-electron chi connectivity index (χ3n) is 3.83. The Labute approximate surface area is 140 Å². The standard InChI is InChI=1S/C18H21NO3S/c20-18(19-8-10-23-13-17-5-2-9-21-17)12-22-16-7-6-14-3-1-4-15(14)11-16/h2,5-7,9,11H,1,3-4,8,10,12-13H2,(H,19,20). The Hall–Kier alpha value is -1.88. The van der Waals surface area contributed by atoms with E-state index in [0.29, 0.717) is 6.54 Å². The van der Waals surface area contributed by atoms with Gasteiger partial charge in [0.05, 0.1) is 12.0 Å². The van der Waals surface area contributed by atoms with Crippen LogP contribution in [0.1, 0.15) is 23.3 Å². The maximum absolute atomic E-state index is 11.8. The minimum Gasteiger partial charge on any atom is -0.484 e. The monoisotopic (exact) mass is 331 g/mol. The third kappa shape index (κ3) is 4.79. The molecule has 0 saturated carbocycles. The summed E-state index contributed by atoms with van der Waals surface area (Å²) in [6.45, 7) is 0.708. The van der Waals surface area contributed by atoms with Crippen molar-refractivity contribution in [2.45, 2.75) is 25.0 Å². The second kappa shape index (κ2) is 8.11. The number of carbonyl (C=O) groups excluding carboxylic acids is 1. The van der Waals surface area contributed by atoms with Crippen molar-refractivity contribution in [1.82, 2.24) is 5.32 Å². The lowest BCUT2D eigenvalue weighted by atomic mass is 10.1. The topological polar surface area (TPSA) is 51.5 Å². The van der Waals surface area contributed by atoms with Gasteiger partial charge in [-0.1, -0.05) is 6.07 Å². The van der Waals surface area contributed by atoms with Gasteiger partial charge in [0.25, 0.3) is 5.91 Å². The van der Waals surface area contributed by atoms with E-state index in [1.54, 1.807) is 18.0 Å². The summed E-state index contributed by atoms with van der Waals surface area (Å²) in [4.78, 5) is 11.8. The maximum atomic E-state index is 11.8. The molecule has 2 aromatic rings. The predicted octanol–water partition coefficient (Wildman–Crippen LogP) is 3.20. The normalized spacial score (nSPS) is 12.9. The van der Waals surface area contributed by atoms with Crippen molar-refractivity contribution < 1.29 is 13.9 Å². The average Bonchev–Trinajstić information content (AvgIpc) is 3.23. The minimum atomic E-state index is -0.0795. The van der Waals surface area contributed by atoms with Crippen molar-refractivity contribution in [3.63, 3.8) is 0 Å². The molecule has 0 bridgehead atoms. The first-order valence-electron chi connectivity index (χ1n) is 7.93. The highest BCUT2D eigenvalue weighted by atomic mass is 32.2. The summed E-state index contributed by atoms with van der Waals surface area (Å²) >= 11 is 1.73. The molecule has 1 aromatic carbocycles. The first kappa shape index (κ1) is 16.0. The van der Waals surface area contributed by atoms with Crippen molar-refractivity contribution >= 4 is 17.7 Å². The summed E-state index contributed by atoms with van der Waals surface area (Å²) < 4.78 is 10.8. The fourth-order valence-corrected chi connectivity index (χ4v) is 3.42. The molecular weight excluding hydrogens is 310 g/mol. The van der Waals surface area contributed by atoms with Crippen molar-refractivity contribution in [3.05, 3.63) is 53.5 Å². The number of hydrogen-bond donors (Lipinski definition) is 1. The molecule has 1 aliphatic rings. The van der Waals surface area contributed by atoms with Gasteiger partial charge in [-0.2, -0.15) is 11.8 Å². The zero-order valence-electron chi connectivity index (χ0n) is 13.0. The molecule has 0 spiro atoms. The van der Waals surface area contributed by atoms with E-state index in [0.717, 1.165) is 35.9 Å². The second-order valence-corrected chi connectivity index (χ2v) is 6.66. The molecule has 0 fully saturated rings. The van der Waals surface area contributed by atoms with Crippen LogP contribution in [0.15, 0.2) is 41.0 Å². The van der Waals surface area contributed by atoms with Crippen LogP contribution in [0.3, 0.4) is 0 Å². The molecule has 1 heterocycles. The Balaban J connectivity index is 1.30. The van der Waals surface area contributed by atoms with Crippen molar-refractivity contribution in [3.8, 4) is 5.75 Å². The van der Waals surface area contributed by atoms with E-state index >= 15 is 0 Å². The summed E-state index contributed by atoms with van der Waals surface area (Å²) in [6, 6.07) is 9.97. The summed E-state index contributed by atoms with van der Waals surface area (Å²) in [5, 5.41) is 2.87. The number of ether oxygens (including phenoxy) is 1. The molecule has 3 rings (SSSR count). The summed E-state index contributed by atoms with van der Waals surface area (Å²) in [5.74, 6) is 3.35. The van der Waals surface area contributed by atoms with E-state index in [4.69, 9.17) is 9.15 Å². The van der Waals surface area contributed by atoms with Gasteiger partial charge in [0.2, 0.25) is 0 Å². The average molecular weight is 331 g/mol. The molecule has 0 atom stereocenters. The van der Waals surface area contributed by atoms with Gasteiger partial charge in [-0.3, -0.25) is 4.79 Å². The molecule has 5 heteroatoms. The van der Waals surface area contributed by atoms with Crippen molar-refractivity contribution in [1.29, 1.82) is 0 Å². The fourth-order valence-electron chi connectivity index (χ4n) is 2.67. The number of furan rings is 1. The van der Waals surface area contributed by atoms with Crippen LogP contribution >= 0.6 is 11.8 Å². The molecular formula is C18H21NO3S. The Morgan fingerprint density at radius 2 is 2.17 bits per heavy atom. The van der Waals surface area contributed by atoms with Crippen LogP contribution in [0.2, 0.25) is 0 Å². The zero-order valence-corrected chi connectivity index (χ0v) is 13.9. The molecule has 0 unspecified atom stereocenters. The molecule has 122 valence electrons. The van der Waals surface area contributed by atoms with Crippen LogP contribution in [-0.2, 0) is 23.4 Å². The van der Waals surface area contributed by atoms with E-state index < -0.39 is 0 Å². The molecule has 1 amide bonds. The lowest BCUT2D eigenvalue weighted by molar-refractivity contribution is -0.122. The van der Waals surface area contributed by atoms with E-state index in [1.807, 2.05) is 18.2 Å². The predicted molar refractivity (Wildman–Crippen MR) is 91.8 cm³/mol. The minimum absolute atomic E-state index is 0.0711. The van der Waals surface area contributed by atoms with Crippen molar-refractivity contribution in [2.75, 3.05) is 18.9 Å². The van der Waals surface area contributed by atoms with Crippen LogP contribution in [0.4, 0.5) is 0 Å². The van der Waals surface area contributed by atoms with Crippen LogP contribution < -0.4 is 10.1 Å². The molecule has 0 aliphatic heterocycles. The number of carbonyl (C=O) groups is 1. The van der Waals surface area contributed by atoms with Gasteiger partial charge in [0.1, 0.15) is 11.5 Å². The van der Waals surface area contributed by atoms with Gasteiger partial charge in [0, 0.05) is 12.3 Å². The smallest absolute Gasteiger partial charge is 0.257 e. The summed E-state index contributed by atoms with van der Waals surface area (Å²) in [5.41, 5.74) is 2.77. The second-order valence-electron chi connectivity index (χ2n) is 5.55. The van der Waals surface area contributed by atoms with Crippen molar-refractivity contribution in [2.24, 2.45) is 0 Å². The lowest BCUT2D eigenvalue weighted by Crippen LogP contribution is -2.30. The maximum Gasteiger partial charge on any atom is 0.257 e. The zero-order chi connectivity index (χ0) is 15.9. The summed E-state index contributed by atoms with van der Waals surface area (Å²) in [6.07, 6.45) is 5.17. The number of nitrogens with one attached hydrogen (secondary N) is 1. The fraction of sp³-hybridized carbons (Fsp3) is 0.389. The number of aryl methyl sites for hydroxylation is 2. The molecule has 0 radical (unpaired) electrons. The quantitative estimate of drug-likeness (QED) is 0.755. The van der Waals surface area contributed by atoms with Gasteiger partial charge < -0.3 is 14.5 Å². The molecule has 1 aromatic heterocycles. The number of thioether (sulfide) groups is 1. The Kier molecular flexibility index (Phi) is 5.64.